The minimum Gasteiger partial charge on any atom is -0.373 e. The van der Waals surface area contributed by atoms with E-state index < -0.39 is 6.23 Å². The fourth-order valence-corrected chi connectivity index (χ4v) is 3.65. The smallest absolute Gasteiger partial charge is 0.143 e. The van der Waals surface area contributed by atoms with Crippen molar-refractivity contribution in [1.29, 1.82) is 0 Å². The summed E-state index contributed by atoms with van der Waals surface area (Å²) in [6.45, 7) is 19.0. The van der Waals surface area contributed by atoms with Crippen LogP contribution in [-0.4, -0.2) is 42.6 Å². The maximum atomic E-state index is 10.6. The maximum absolute atomic E-state index is 10.6. The lowest BCUT2D eigenvalue weighted by Gasteiger charge is -2.17. The van der Waals surface area contributed by atoms with E-state index >= 15 is 0 Å². The predicted molar refractivity (Wildman–Crippen MR) is 159 cm³/mol. The fraction of sp³-hybridized carbons (Fsp3) is 0.516. The predicted octanol–water partition coefficient (Wildman–Crippen LogP) is 7.44. The minimum atomic E-state index is -0.753. The van der Waals surface area contributed by atoms with Gasteiger partial charge in [0.15, 0.2) is 0 Å². The van der Waals surface area contributed by atoms with Crippen LogP contribution < -0.4 is 5.32 Å². The second kappa shape index (κ2) is 18.6. The Morgan fingerprint density at radius 2 is 1.78 bits per heavy atom. The average molecular weight is 493 g/mol. The highest BCUT2D eigenvalue weighted by Gasteiger charge is 2.13. The Kier molecular flexibility index (Phi) is 16.2. The molecule has 5 heteroatoms. The number of nitrogens with zero attached hydrogens (tertiary/aromatic N) is 3. The molecular formula is C31H48N4O. The summed E-state index contributed by atoms with van der Waals surface area (Å²) in [5, 5.41) is 13.8. The van der Waals surface area contributed by atoms with E-state index in [2.05, 4.69) is 66.7 Å². The molecule has 0 radical (unpaired) electrons. The summed E-state index contributed by atoms with van der Waals surface area (Å²) in [7, 11) is 0. The number of aliphatic hydroxyl groups is 1. The Balaban J connectivity index is 2.92. The molecule has 1 aliphatic carbocycles. The molecule has 1 atom stereocenters. The van der Waals surface area contributed by atoms with Crippen LogP contribution in [0, 0.1) is 0 Å². The number of aliphatic imine (C=N–C) groups is 3. The molecule has 0 amide bonds. The van der Waals surface area contributed by atoms with Crippen LogP contribution in [0.15, 0.2) is 86.1 Å². The molecule has 0 aromatic heterocycles. The van der Waals surface area contributed by atoms with Gasteiger partial charge in [0, 0.05) is 12.3 Å². The van der Waals surface area contributed by atoms with Crippen molar-refractivity contribution in [3.63, 3.8) is 0 Å². The molecule has 1 rings (SSSR count). The lowest BCUT2D eigenvalue weighted by Crippen LogP contribution is -2.35. The van der Waals surface area contributed by atoms with E-state index in [1.165, 1.54) is 25.7 Å². The number of allylic oxidation sites excluding steroid dienone is 9. The van der Waals surface area contributed by atoms with E-state index in [-0.39, 0.29) is 6.04 Å². The largest absolute Gasteiger partial charge is 0.373 e. The first-order chi connectivity index (χ1) is 17.3. The van der Waals surface area contributed by atoms with Crippen molar-refractivity contribution in [2.45, 2.75) is 98.3 Å². The zero-order valence-electron chi connectivity index (χ0n) is 23.3. The topological polar surface area (TPSA) is 69.3 Å². The van der Waals surface area contributed by atoms with Gasteiger partial charge in [-0.15, -0.1) is 0 Å². The van der Waals surface area contributed by atoms with Crippen LogP contribution in [0.25, 0.3) is 0 Å². The molecule has 0 spiro atoms. The molecule has 0 fully saturated rings. The molecular weight excluding hydrogens is 444 g/mol. The summed E-state index contributed by atoms with van der Waals surface area (Å²) in [4.78, 5) is 13.3. The molecule has 0 bridgehead atoms. The average Bonchev–Trinajstić information content (AvgIpc) is 2.82. The van der Waals surface area contributed by atoms with Gasteiger partial charge in [0.2, 0.25) is 0 Å². The molecule has 0 aromatic rings. The summed E-state index contributed by atoms with van der Waals surface area (Å²) in [6, 6.07) is 0.217. The lowest BCUT2D eigenvalue weighted by molar-refractivity contribution is 0.201. The Hall–Kier alpha value is -2.63. The van der Waals surface area contributed by atoms with E-state index in [9.17, 15) is 5.11 Å². The van der Waals surface area contributed by atoms with Crippen molar-refractivity contribution in [1.82, 2.24) is 5.32 Å². The third kappa shape index (κ3) is 13.5. The van der Waals surface area contributed by atoms with Gasteiger partial charge in [-0.25, -0.2) is 0 Å². The third-order valence-electron chi connectivity index (χ3n) is 5.76. The van der Waals surface area contributed by atoms with Gasteiger partial charge in [0.25, 0.3) is 0 Å². The minimum absolute atomic E-state index is 0.217. The Morgan fingerprint density at radius 1 is 1.08 bits per heavy atom. The number of nitrogens with one attached hydrogen (secondary N) is 1. The van der Waals surface area contributed by atoms with E-state index in [0.29, 0.717) is 12.1 Å². The van der Waals surface area contributed by atoms with E-state index in [1.807, 2.05) is 32.9 Å². The van der Waals surface area contributed by atoms with Gasteiger partial charge in [-0.05, 0) is 83.9 Å². The summed E-state index contributed by atoms with van der Waals surface area (Å²) in [5.74, 6) is 0. The van der Waals surface area contributed by atoms with Gasteiger partial charge in [0.05, 0.1) is 17.1 Å². The number of unbranched alkanes of at least 4 members (excludes halogenated alkanes) is 4. The second-order valence-electron chi connectivity index (χ2n) is 9.59. The van der Waals surface area contributed by atoms with E-state index in [4.69, 9.17) is 4.99 Å². The molecule has 1 unspecified atom stereocenters. The second-order valence-corrected chi connectivity index (χ2v) is 9.59. The van der Waals surface area contributed by atoms with Crippen molar-refractivity contribution >= 4 is 18.6 Å². The highest BCUT2D eigenvalue weighted by Crippen LogP contribution is 2.27. The Morgan fingerprint density at radius 3 is 2.44 bits per heavy atom. The Labute approximate surface area is 220 Å². The van der Waals surface area contributed by atoms with Crippen molar-refractivity contribution in [2.24, 2.45) is 15.0 Å². The zero-order valence-corrected chi connectivity index (χ0v) is 23.3. The van der Waals surface area contributed by atoms with Gasteiger partial charge in [-0.1, -0.05) is 75.1 Å². The monoisotopic (exact) mass is 492 g/mol. The Bertz CT molecular complexity index is 913. The van der Waals surface area contributed by atoms with Crippen LogP contribution in [0.4, 0.5) is 0 Å². The van der Waals surface area contributed by atoms with Gasteiger partial charge in [0.1, 0.15) is 6.23 Å². The number of hydrogen-bond acceptors (Lipinski definition) is 5. The lowest BCUT2D eigenvalue weighted by atomic mass is 9.95. The summed E-state index contributed by atoms with van der Waals surface area (Å²) < 4.78 is 0. The van der Waals surface area contributed by atoms with Crippen molar-refractivity contribution in [2.75, 3.05) is 6.54 Å². The quantitative estimate of drug-likeness (QED) is 0.0772. The molecule has 1 aliphatic rings. The first kappa shape index (κ1) is 31.4. The van der Waals surface area contributed by atoms with Crippen LogP contribution in [0.3, 0.4) is 0 Å². The molecule has 0 aromatic carbocycles. The standard InChI is InChI=1S/C31H48N4O/c1-8-9-10-13-16-21-33-31(36)27(6)35-30-18-15-12-11-14-17-29(30)26(5)22-25(4)19-20-28(32-7)23-34-24(2)3/h11-12,17-20,23-24,31,33,36H,5,7-10,13-16,21-22H2,1-4,6H3/b12-11?,25-19+,28-20-,29-17-,30-18+,34-23?,35-27?. The summed E-state index contributed by atoms with van der Waals surface area (Å²) >= 11 is 0. The first-order valence-corrected chi connectivity index (χ1v) is 13.4. The highest BCUT2D eigenvalue weighted by atomic mass is 16.3. The molecule has 0 aliphatic heterocycles. The molecule has 36 heavy (non-hydrogen) atoms. The summed E-state index contributed by atoms with van der Waals surface area (Å²) in [5.41, 5.74) is 5.45. The molecule has 5 nitrogen and oxygen atoms in total. The van der Waals surface area contributed by atoms with E-state index in [0.717, 1.165) is 53.9 Å². The van der Waals surface area contributed by atoms with Crippen molar-refractivity contribution in [3.05, 3.63) is 71.1 Å². The van der Waals surface area contributed by atoms with Crippen LogP contribution in [0.1, 0.15) is 86.0 Å². The van der Waals surface area contributed by atoms with Crippen LogP contribution in [-0.2, 0) is 0 Å². The van der Waals surface area contributed by atoms with Crippen LogP contribution >= 0.6 is 0 Å². The number of hydrogen-bond donors (Lipinski definition) is 2. The zero-order chi connectivity index (χ0) is 26.8. The molecule has 0 heterocycles. The highest BCUT2D eigenvalue weighted by molar-refractivity contribution is 5.87. The van der Waals surface area contributed by atoms with Gasteiger partial charge in [-0.3, -0.25) is 20.3 Å². The number of rotatable bonds is 16. The maximum Gasteiger partial charge on any atom is 0.143 e. The molecule has 198 valence electrons. The molecule has 0 saturated carbocycles. The fourth-order valence-electron chi connectivity index (χ4n) is 3.65. The SMILES string of the molecule is C=N/C(C=NC(C)C)=C\C=C(/C)CC(=C)C1=C/CC=CC/C=C\1N=C(C)C(O)NCCCCCCC. The normalized spacial score (nSPS) is 19.5. The molecule has 2 N–H and O–H groups in total. The van der Waals surface area contributed by atoms with Crippen LogP contribution in [0.2, 0.25) is 0 Å². The van der Waals surface area contributed by atoms with E-state index in [1.54, 1.807) is 6.21 Å². The van der Waals surface area contributed by atoms with Crippen molar-refractivity contribution in [3.8, 4) is 0 Å². The number of aliphatic hydroxyl groups excluding tert-OH is 1. The van der Waals surface area contributed by atoms with Crippen molar-refractivity contribution < 1.29 is 5.11 Å². The third-order valence-corrected chi connectivity index (χ3v) is 5.76. The van der Waals surface area contributed by atoms with Gasteiger partial charge >= 0.3 is 0 Å². The van der Waals surface area contributed by atoms with Gasteiger partial charge in [-0.2, -0.15) is 0 Å². The summed E-state index contributed by atoms with van der Waals surface area (Å²) in [6.07, 6.45) is 21.9. The van der Waals surface area contributed by atoms with Gasteiger partial charge < -0.3 is 5.11 Å². The first-order valence-electron chi connectivity index (χ1n) is 13.4. The molecule has 0 saturated heterocycles. The van der Waals surface area contributed by atoms with Crippen LogP contribution in [0.5, 0.6) is 0 Å².